The number of rotatable bonds is 4. The molecule has 27 heavy (non-hydrogen) atoms. The van der Waals surface area contributed by atoms with Crippen LogP contribution >= 0.6 is 0 Å². The second kappa shape index (κ2) is 8.43. The van der Waals surface area contributed by atoms with Gasteiger partial charge in [0.1, 0.15) is 17.3 Å². The maximum atomic E-state index is 13.1. The summed E-state index contributed by atoms with van der Waals surface area (Å²) < 4.78 is 18.5. The number of H-pyrrole nitrogens is 1. The number of benzene rings is 1. The third-order valence-electron chi connectivity index (χ3n) is 4.19. The Labute approximate surface area is 154 Å². The lowest BCUT2D eigenvalue weighted by atomic mass is 10.3. The zero-order valence-electron chi connectivity index (χ0n) is 14.6. The van der Waals surface area contributed by atoms with E-state index in [1.54, 1.807) is 15.9 Å². The maximum Gasteiger partial charge on any atom is 0.274 e. The predicted molar refractivity (Wildman–Crippen MR) is 93.9 cm³/mol. The lowest BCUT2D eigenvalue weighted by Gasteiger charge is -2.22. The number of halogens is 1. The van der Waals surface area contributed by atoms with Gasteiger partial charge in [-0.15, -0.1) is 0 Å². The summed E-state index contributed by atoms with van der Waals surface area (Å²) in [5.41, 5.74) is -0.221. The summed E-state index contributed by atoms with van der Waals surface area (Å²) in [4.78, 5) is 39.1. The van der Waals surface area contributed by atoms with Gasteiger partial charge in [-0.2, -0.15) is 5.10 Å². The number of nitrogens with one attached hydrogen (secondary N) is 1. The molecule has 0 atom stereocenters. The first kappa shape index (κ1) is 18.6. The standard InChI is InChI=1S/C18H19FN4O4/c19-13-3-1-4-14(11-13)27-12-17(25)22-7-2-8-23(10-9-22)18(26)15-5-6-16(24)21-20-15/h1,3-6,11H,2,7-10,12H2,(H,21,24). The number of nitrogens with zero attached hydrogens (tertiary/aromatic N) is 3. The minimum Gasteiger partial charge on any atom is -0.484 e. The van der Waals surface area contributed by atoms with Gasteiger partial charge in [0.05, 0.1) is 0 Å². The zero-order valence-corrected chi connectivity index (χ0v) is 14.6. The van der Waals surface area contributed by atoms with Crippen LogP contribution in [0, 0.1) is 5.82 Å². The van der Waals surface area contributed by atoms with Gasteiger partial charge in [-0.05, 0) is 24.6 Å². The Kier molecular flexibility index (Phi) is 5.80. The van der Waals surface area contributed by atoms with Crippen molar-refractivity contribution in [3.63, 3.8) is 0 Å². The molecule has 0 bridgehead atoms. The molecule has 2 aromatic rings. The molecule has 142 valence electrons. The molecule has 0 radical (unpaired) electrons. The third kappa shape index (κ3) is 4.90. The van der Waals surface area contributed by atoms with Gasteiger partial charge >= 0.3 is 0 Å². The van der Waals surface area contributed by atoms with E-state index >= 15 is 0 Å². The summed E-state index contributed by atoms with van der Waals surface area (Å²) in [7, 11) is 0. The number of ether oxygens (including phenoxy) is 1. The third-order valence-corrected chi connectivity index (χ3v) is 4.19. The van der Waals surface area contributed by atoms with Crippen molar-refractivity contribution in [3.8, 4) is 5.75 Å². The first-order valence-electron chi connectivity index (χ1n) is 8.54. The molecule has 9 heteroatoms. The van der Waals surface area contributed by atoms with E-state index in [2.05, 4.69) is 10.2 Å². The van der Waals surface area contributed by atoms with Gasteiger partial charge in [0.25, 0.3) is 17.4 Å². The van der Waals surface area contributed by atoms with Crippen LogP contribution in [-0.4, -0.2) is 64.6 Å². The molecule has 1 N–H and O–H groups in total. The number of carbonyl (C=O) groups excluding carboxylic acids is 2. The predicted octanol–water partition coefficient (Wildman–Crippen LogP) is 0.662. The highest BCUT2D eigenvalue weighted by molar-refractivity contribution is 5.92. The molecule has 0 saturated carbocycles. The fourth-order valence-corrected chi connectivity index (χ4v) is 2.79. The van der Waals surface area contributed by atoms with E-state index in [9.17, 15) is 18.8 Å². The first-order chi connectivity index (χ1) is 13.0. The summed E-state index contributed by atoms with van der Waals surface area (Å²) in [5.74, 6) is -0.661. The van der Waals surface area contributed by atoms with Crippen LogP contribution in [0.15, 0.2) is 41.2 Å². The minimum absolute atomic E-state index is 0.156. The van der Waals surface area contributed by atoms with Crippen LogP contribution < -0.4 is 10.3 Å². The molecule has 8 nitrogen and oxygen atoms in total. The van der Waals surface area contributed by atoms with E-state index in [-0.39, 0.29) is 29.7 Å². The molecule has 1 saturated heterocycles. The van der Waals surface area contributed by atoms with Crippen LogP contribution in [-0.2, 0) is 4.79 Å². The van der Waals surface area contributed by atoms with Crippen LogP contribution in [0.25, 0.3) is 0 Å². The number of aromatic amines is 1. The molecule has 1 aliphatic heterocycles. The van der Waals surface area contributed by atoms with Crippen LogP contribution in [0.2, 0.25) is 0 Å². The summed E-state index contributed by atoms with van der Waals surface area (Å²) in [5, 5.41) is 5.99. The van der Waals surface area contributed by atoms with Crippen molar-refractivity contribution in [1.29, 1.82) is 0 Å². The number of amides is 2. The topological polar surface area (TPSA) is 95.6 Å². The highest BCUT2D eigenvalue weighted by Crippen LogP contribution is 2.13. The second-order valence-corrected chi connectivity index (χ2v) is 6.08. The summed E-state index contributed by atoms with van der Waals surface area (Å²) in [6, 6.07) is 8.23. The Balaban J connectivity index is 1.54. The molecule has 1 aromatic carbocycles. The molecule has 3 rings (SSSR count). The minimum atomic E-state index is -0.431. The SMILES string of the molecule is O=C(COc1cccc(F)c1)N1CCCN(C(=O)c2ccc(=O)[nH]n2)CC1. The Morgan fingerprint density at radius 2 is 1.89 bits per heavy atom. The molecular formula is C18H19FN4O4. The van der Waals surface area contributed by atoms with Gasteiger partial charge in [0.2, 0.25) is 0 Å². The van der Waals surface area contributed by atoms with Gasteiger partial charge < -0.3 is 14.5 Å². The summed E-state index contributed by atoms with van der Waals surface area (Å²) >= 11 is 0. The summed E-state index contributed by atoms with van der Waals surface area (Å²) in [6.45, 7) is 1.49. The zero-order chi connectivity index (χ0) is 19.2. The quantitative estimate of drug-likeness (QED) is 0.848. The van der Waals surface area contributed by atoms with Gasteiger partial charge in [-0.25, -0.2) is 9.49 Å². The highest BCUT2D eigenvalue weighted by atomic mass is 19.1. The highest BCUT2D eigenvalue weighted by Gasteiger charge is 2.23. The van der Waals surface area contributed by atoms with E-state index in [1.165, 1.54) is 30.3 Å². The molecule has 1 aromatic heterocycles. The molecular weight excluding hydrogens is 355 g/mol. The maximum absolute atomic E-state index is 13.1. The van der Waals surface area contributed by atoms with Gasteiger partial charge in [0.15, 0.2) is 6.61 Å². The number of hydrogen-bond acceptors (Lipinski definition) is 5. The molecule has 1 aliphatic rings. The number of aromatic nitrogens is 2. The summed E-state index contributed by atoms with van der Waals surface area (Å²) in [6.07, 6.45) is 0.612. The lowest BCUT2D eigenvalue weighted by molar-refractivity contribution is -0.133. The monoisotopic (exact) mass is 374 g/mol. The second-order valence-electron chi connectivity index (χ2n) is 6.08. The van der Waals surface area contributed by atoms with Crippen LogP contribution in [0.1, 0.15) is 16.9 Å². The smallest absolute Gasteiger partial charge is 0.274 e. The van der Waals surface area contributed by atoms with Crippen molar-refractivity contribution in [3.05, 3.63) is 58.3 Å². The fraction of sp³-hybridized carbons (Fsp3) is 0.333. The van der Waals surface area contributed by atoms with Crippen molar-refractivity contribution in [2.24, 2.45) is 0 Å². The number of hydrogen-bond donors (Lipinski definition) is 1. The van der Waals surface area contributed by atoms with E-state index in [0.717, 1.165) is 0 Å². The first-order valence-corrected chi connectivity index (χ1v) is 8.54. The lowest BCUT2D eigenvalue weighted by Crippen LogP contribution is -2.39. The molecule has 2 amide bonds. The molecule has 0 spiro atoms. The average molecular weight is 374 g/mol. The van der Waals surface area contributed by atoms with Crippen molar-refractivity contribution in [1.82, 2.24) is 20.0 Å². The van der Waals surface area contributed by atoms with Crippen molar-refractivity contribution in [2.75, 3.05) is 32.8 Å². The normalized spacial score (nSPS) is 14.6. The largest absolute Gasteiger partial charge is 0.484 e. The van der Waals surface area contributed by atoms with Crippen molar-refractivity contribution >= 4 is 11.8 Å². The Hall–Kier alpha value is -3.23. The fourth-order valence-electron chi connectivity index (χ4n) is 2.79. The van der Waals surface area contributed by atoms with E-state index in [1.807, 2.05) is 0 Å². The van der Waals surface area contributed by atoms with E-state index in [0.29, 0.717) is 38.3 Å². The average Bonchev–Trinajstić information content (AvgIpc) is 2.92. The Morgan fingerprint density at radius 3 is 2.63 bits per heavy atom. The van der Waals surface area contributed by atoms with Crippen molar-refractivity contribution in [2.45, 2.75) is 6.42 Å². The van der Waals surface area contributed by atoms with Gasteiger partial charge in [-0.3, -0.25) is 14.4 Å². The Bertz CT molecular complexity index is 865. The van der Waals surface area contributed by atoms with Crippen LogP contribution in [0.4, 0.5) is 4.39 Å². The molecule has 2 heterocycles. The number of carbonyl (C=O) groups is 2. The van der Waals surface area contributed by atoms with Gasteiger partial charge in [-0.1, -0.05) is 6.07 Å². The van der Waals surface area contributed by atoms with Crippen LogP contribution in [0.3, 0.4) is 0 Å². The molecule has 0 unspecified atom stereocenters. The van der Waals surface area contributed by atoms with E-state index < -0.39 is 5.82 Å². The van der Waals surface area contributed by atoms with Gasteiger partial charge in [0, 0.05) is 38.3 Å². The molecule has 0 aliphatic carbocycles. The van der Waals surface area contributed by atoms with Crippen molar-refractivity contribution < 1.29 is 18.7 Å². The van der Waals surface area contributed by atoms with E-state index in [4.69, 9.17) is 4.74 Å². The molecule has 1 fully saturated rings. The van der Waals surface area contributed by atoms with Crippen LogP contribution in [0.5, 0.6) is 5.75 Å². The Morgan fingerprint density at radius 1 is 1.11 bits per heavy atom.